The molecule has 2 rings (SSSR count). The molecular weight excluding hydrogens is 344 g/mol. The first kappa shape index (κ1) is 19.8. The highest BCUT2D eigenvalue weighted by atomic mass is 32.2. The van der Waals surface area contributed by atoms with E-state index >= 15 is 0 Å². The molecule has 0 amide bonds. The van der Waals surface area contributed by atoms with Gasteiger partial charge in [0.2, 0.25) is 0 Å². The summed E-state index contributed by atoms with van der Waals surface area (Å²) in [4.78, 5) is 11.7. The van der Waals surface area contributed by atoms with Crippen molar-refractivity contribution in [1.82, 2.24) is 9.03 Å². The number of morpholine rings is 1. The molecule has 0 bridgehead atoms. The highest BCUT2D eigenvalue weighted by Gasteiger charge is 2.33. The van der Waals surface area contributed by atoms with Gasteiger partial charge in [0.1, 0.15) is 0 Å². The second kappa shape index (κ2) is 8.27. The van der Waals surface area contributed by atoms with Crippen molar-refractivity contribution >= 4 is 16.2 Å². The summed E-state index contributed by atoms with van der Waals surface area (Å²) in [6.45, 7) is 6.17. The van der Waals surface area contributed by atoms with Crippen LogP contribution in [0.4, 0.5) is 0 Å². The number of nitrogens with zero attached hydrogens (tertiary/aromatic N) is 1. The number of rotatable bonds is 6. The minimum atomic E-state index is -3.76. The van der Waals surface area contributed by atoms with Crippen molar-refractivity contribution in [3.63, 3.8) is 0 Å². The van der Waals surface area contributed by atoms with Crippen molar-refractivity contribution in [3.8, 4) is 0 Å². The fourth-order valence-corrected chi connectivity index (χ4v) is 4.40. The Kier molecular flexibility index (Phi) is 6.56. The lowest BCUT2D eigenvalue weighted by Gasteiger charge is -2.35. The van der Waals surface area contributed by atoms with Gasteiger partial charge in [-0.15, -0.1) is 0 Å². The van der Waals surface area contributed by atoms with Crippen LogP contribution < -0.4 is 4.72 Å². The highest BCUT2D eigenvalue weighted by Crippen LogP contribution is 2.22. The van der Waals surface area contributed by atoms with Crippen molar-refractivity contribution < 1.29 is 22.7 Å². The lowest BCUT2D eigenvalue weighted by Crippen LogP contribution is -2.52. The molecule has 1 saturated heterocycles. The zero-order valence-electron chi connectivity index (χ0n) is 15.1. The van der Waals surface area contributed by atoms with Gasteiger partial charge in [-0.2, -0.15) is 17.4 Å². The standard InChI is InChI=1S/C17H26N2O5S/c1-12-5-7-15(8-6-12)16(9-17(20)23-4)18-25(21,22)19-10-13(2)24-14(3)11-19/h5-8,13-14,16,18H,9-11H2,1-4H3/t13-,14-,16+/m1/s1. The number of methoxy groups -OCH3 is 1. The average molecular weight is 370 g/mol. The summed E-state index contributed by atoms with van der Waals surface area (Å²) in [6.07, 6.45) is -0.439. The molecule has 1 aliphatic heterocycles. The second-order valence-electron chi connectivity index (χ2n) is 6.44. The summed E-state index contributed by atoms with van der Waals surface area (Å²) >= 11 is 0. The van der Waals surface area contributed by atoms with Gasteiger partial charge in [0.25, 0.3) is 10.2 Å². The van der Waals surface area contributed by atoms with Gasteiger partial charge in [-0.05, 0) is 26.3 Å². The average Bonchev–Trinajstić information content (AvgIpc) is 2.53. The van der Waals surface area contributed by atoms with Gasteiger partial charge in [0.05, 0.1) is 31.8 Å². The molecule has 1 heterocycles. The van der Waals surface area contributed by atoms with Crippen LogP contribution in [0.5, 0.6) is 0 Å². The zero-order valence-corrected chi connectivity index (χ0v) is 15.9. The van der Waals surface area contributed by atoms with Gasteiger partial charge >= 0.3 is 5.97 Å². The van der Waals surface area contributed by atoms with Crippen molar-refractivity contribution in [2.24, 2.45) is 0 Å². The third-order valence-electron chi connectivity index (χ3n) is 4.10. The Balaban J connectivity index is 2.22. The van der Waals surface area contributed by atoms with E-state index in [1.807, 2.05) is 45.0 Å². The Morgan fingerprint density at radius 1 is 1.28 bits per heavy atom. The third kappa shape index (κ3) is 5.50. The molecule has 8 heteroatoms. The Hall–Kier alpha value is -1.48. The summed E-state index contributed by atoms with van der Waals surface area (Å²) in [5.74, 6) is -0.475. The quantitative estimate of drug-likeness (QED) is 0.768. The largest absolute Gasteiger partial charge is 0.469 e. The predicted octanol–water partition coefficient (Wildman–Crippen LogP) is 1.54. The molecule has 1 fully saturated rings. The van der Waals surface area contributed by atoms with E-state index in [1.54, 1.807) is 0 Å². The highest BCUT2D eigenvalue weighted by molar-refractivity contribution is 7.87. The number of hydrogen-bond donors (Lipinski definition) is 1. The van der Waals surface area contributed by atoms with Gasteiger partial charge in [-0.25, -0.2) is 0 Å². The Bertz CT molecular complexity index is 679. The van der Waals surface area contributed by atoms with Gasteiger partial charge in [0.15, 0.2) is 0 Å². The minimum Gasteiger partial charge on any atom is -0.469 e. The number of esters is 1. The van der Waals surface area contributed by atoms with Gasteiger partial charge in [-0.3, -0.25) is 4.79 Å². The summed E-state index contributed by atoms with van der Waals surface area (Å²) in [5.41, 5.74) is 1.77. The molecule has 0 radical (unpaired) electrons. The van der Waals surface area contributed by atoms with Gasteiger partial charge in [-0.1, -0.05) is 29.8 Å². The van der Waals surface area contributed by atoms with E-state index in [-0.39, 0.29) is 31.7 Å². The van der Waals surface area contributed by atoms with Crippen molar-refractivity contribution in [2.75, 3.05) is 20.2 Å². The lowest BCUT2D eigenvalue weighted by atomic mass is 10.0. The number of ether oxygens (including phenoxy) is 2. The molecule has 1 aliphatic rings. The van der Waals surface area contributed by atoms with Gasteiger partial charge in [0, 0.05) is 13.1 Å². The summed E-state index contributed by atoms with van der Waals surface area (Å²) < 4.78 is 39.9. The maximum Gasteiger partial charge on any atom is 0.307 e. The van der Waals surface area contributed by atoms with Crippen LogP contribution in [0.3, 0.4) is 0 Å². The van der Waals surface area contributed by atoms with E-state index in [9.17, 15) is 13.2 Å². The molecule has 0 spiro atoms. The number of carbonyl (C=O) groups excluding carboxylic acids is 1. The van der Waals surface area contributed by atoms with Crippen LogP contribution in [-0.2, 0) is 24.5 Å². The van der Waals surface area contributed by atoms with Crippen LogP contribution in [0.25, 0.3) is 0 Å². The third-order valence-corrected chi connectivity index (χ3v) is 5.66. The van der Waals surface area contributed by atoms with E-state index in [0.717, 1.165) is 5.56 Å². The predicted molar refractivity (Wildman–Crippen MR) is 94.2 cm³/mol. The SMILES string of the molecule is COC(=O)C[C@H](NS(=O)(=O)N1C[C@@H](C)O[C@H](C)C1)c1ccc(C)cc1. The van der Waals surface area contributed by atoms with Gasteiger partial charge < -0.3 is 9.47 Å². The first-order chi connectivity index (χ1) is 11.7. The lowest BCUT2D eigenvalue weighted by molar-refractivity contribution is -0.141. The first-order valence-electron chi connectivity index (χ1n) is 8.27. The van der Waals surface area contributed by atoms with E-state index in [4.69, 9.17) is 9.47 Å². The fourth-order valence-electron chi connectivity index (χ4n) is 2.86. The molecule has 0 aromatic heterocycles. The normalized spacial score (nSPS) is 23.2. The maximum atomic E-state index is 12.8. The van der Waals surface area contributed by atoms with E-state index in [2.05, 4.69) is 4.72 Å². The number of benzene rings is 1. The number of hydrogen-bond acceptors (Lipinski definition) is 5. The molecule has 0 saturated carbocycles. The van der Waals surface area contributed by atoms with Crippen LogP contribution in [0.15, 0.2) is 24.3 Å². The summed E-state index contributed by atoms with van der Waals surface area (Å²) in [5, 5.41) is 0. The Labute approximate surface area is 149 Å². The molecule has 25 heavy (non-hydrogen) atoms. The number of carbonyl (C=O) groups is 1. The van der Waals surface area contributed by atoms with Crippen LogP contribution in [-0.4, -0.2) is 51.1 Å². The topological polar surface area (TPSA) is 84.9 Å². The van der Waals surface area contributed by atoms with Crippen molar-refractivity contribution in [1.29, 1.82) is 0 Å². The summed E-state index contributed by atoms with van der Waals surface area (Å²) in [7, 11) is -2.48. The Morgan fingerprint density at radius 3 is 2.36 bits per heavy atom. The number of aryl methyl sites for hydroxylation is 1. The molecule has 0 aliphatic carbocycles. The molecule has 1 aromatic rings. The smallest absolute Gasteiger partial charge is 0.307 e. The summed E-state index contributed by atoms with van der Waals surface area (Å²) in [6, 6.07) is 6.71. The molecule has 0 unspecified atom stereocenters. The molecule has 7 nitrogen and oxygen atoms in total. The molecule has 3 atom stereocenters. The minimum absolute atomic E-state index is 0.0752. The number of nitrogens with one attached hydrogen (secondary N) is 1. The maximum absolute atomic E-state index is 12.8. The van der Waals surface area contributed by atoms with E-state index < -0.39 is 22.2 Å². The molecular formula is C17H26N2O5S. The van der Waals surface area contributed by atoms with E-state index in [1.165, 1.54) is 11.4 Å². The molecule has 1 aromatic carbocycles. The second-order valence-corrected chi connectivity index (χ2v) is 8.14. The van der Waals surface area contributed by atoms with Crippen LogP contribution in [0, 0.1) is 6.92 Å². The first-order valence-corrected chi connectivity index (χ1v) is 9.71. The van der Waals surface area contributed by atoms with Crippen molar-refractivity contribution in [2.45, 2.75) is 45.4 Å². The Morgan fingerprint density at radius 2 is 1.84 bits per heavy atom. The van der Waals surface area contributed by atoms with Crippen LogP contribution >= 0.6 is 0 Å². The van der Waals surface area contributed by atoms with Crippen LogP contribution in [0.2, 0.25) is 0 Å². The van der Waals surface area contributed by atoms with Crippen LogP contribution in [0.1, 0.15) is 37.4 Å². The van der Waals surface area contributed by atoms with Crippen molar-refractivity contribution in [3.05, 3.63) is 35.4 Å². The zero-order chi connectivity index (χ0) is 18.6. The van der Waals surface area contributed by atoms with E-state index in [0.29, 0.717) is 5.56 Å². The molecule has 140 valence electrons. The monoisotopic (exact) mass is 370 g/mol. The molecule has 1 N–H and O–H groups in total. The fraction of sp³-hybridized carbons (Fsp3) is 0.588.